The summed E-state index contributed by atoms with van der Waals surface area (Å²) in [7, 11) is 0. The van der Waals surface area contributed by atoms with Gasteiger partial charge < -0.3 is 10.0 Å². The Balaban J connectivity index is 3.09. The molecule has 0 saturated carbocycles. The molecular weight excluding hydrogens is 270 g/mol. The normalized spacial score (nSPS) is 11.5. The second-order valence-corrected chi connectivity index (χ2v) is 4.05. The van der Waals surface area contributed by atoms with Crippen molar-refractivity contribution < 1.29 is 23.5 Å². The van der Waals surface area contributed by atoms with Crippen molar-refractivity contribution in [2.24, 2.45) is 0 Å². The van der Waals surface area contributed by atoms with Gasteiger partial charge in [-0.25, -0.2) is 13.6 Å². The Labute approximate surface area is 114 Å². The molecule has 106 valence electrons. The van der Waals surface area contributed by atoms with E-state index in [2.05, 4.69) is 0 Å². The number of aliphatic carboxylic acids is 1. The predicted molar refractivity (Wildman–Crippen MR) is 64.7 cm³/mol. The number of nitriles is 1. The van der Waals surface area contributed by atoms with Gasteiger partial charge in [-0.05, 0) is 19.1 Å². The van der Waals surface area contributed by atoms with Crippen molar-refractivity contribution in [1.29, 1.82) is 5.26 Å². The average Bonchev–Trinajstić information content (AvgIpc) is 2.38. The van der Waals surface area contributed by atoms with Gasteiger partial charge in [-0.15, -0.1) is 0 Å². The molecule has 0 heterocycles. The fourth-order valence-electron chi connectivity index (χ4n) is 1.59. The molecule has 0 fully saturated rings. The maximum Gasteiger partial charge on any atom is 0.326 e. The lowest BCUT2D eigenvalue weighted by molar-refractivity contribution is -0.141. The highest BCUT2D eigenvalue weighted by atomic mass is 19.1. The van der Waals surface area contributed by atoms with Gasteiger partial charge in [-0.3, -0.25) is 4.79 Å². The number of carbonyl (C=O) groups excluding carboxylic acids is 1. The molecule has 1 unspecified atom stereocenters. The van der Waals surface area contributed by atoms with Crippen LogP contribution in [0.5, 0.6) is 0 Å². The van der Waals surface area contributed by atoms with Crippen LogP contribution in [0.15, 0.2) is 18.2 Å². The lowest BCUT2D eigenvalue weighted by atomic mass is 10.1. The van der Waals surface area contributed by atoms with Gasteiger partial charge in [-0.2, -0.15) is 5.26 Å². The first kappa shape index (κ1) is 15.6. The van der Waals surface area contributed by atoms with E-state index in [-0.39, 0.29) is 13.0 Å². The summed E-state index contributed by atoms with van der Waals surface area (Å²) in [5.41, 5.74) is -0.433. The number of carboxylic acids is 1. The summed E-state index contributed by atoms with van der Waals surface area (Å²) in [5.74, 6) is -4.09. The Morgan fingerprint density at radius 2 is 2.10 bits per heavy atom. The zero-order chi connectivity index (χ0) is 15.3. The second-order valence-electron chi connectivity index (χ2n) is 4.05. The van der Waals surface area contributed by atoms with E-state index in [9.17, 15) is 18.4 Å². The second kappa shape index (κ2) is 6.61. The van der Waals surface area contributed by atoms with Crippen LogP contribution in [0, 0.1) is 23.0 Å². The lowest BCUT2D eigenvalue weighted by Crippen LogP contribution is -2.44. The molecule has 7 heteroatoms. The maximum absolute atomic E-state index is 13.5. The first-order chi connectivity index (χ1) is 9.38. The van der Waals surface area contributed by atoms with Crippen molar-refractivity contribution in [2.45, 2.75) is 19.4 Å². The first-order valence-corrected chi connectivity index (χ1v) is 5.74. The molecule has 5 nitrogen and oxygen atoms in total. The highest BCUT2D eigenvalue weighted by Gasteiger charge is 2.27. The monoisotopic (exact) mass is 282 g/mol. The topological polar surface area (TPSA) is 81.4 Å². The predicted octanol–water partition coefficient (Wildman–Crippen LogP) is 1.79. The standard InChI is InChI=1S/C13H12F2N2O3/c1-8(13(19)20)17(6-2-5-16)12(18)10-4-3-9(14)7-11(10)15/h3-4,7-8H,2,6H2,1H3,(H,19,20). The van der Waals surface area contributed by atoms with Crippen LogP contribution in [0.2, 0.25) is 0 Å². The molecule has 0 aromatic heterocycles. The van der Waals surface area contributed by atoms with E-state index >= 15 is 0 Å². The Morgan fingerprint density at radius 1 is 1.45 bits per heavy atom. The summed E-state index contributed by atoms with van der Waals surface area (Å²) in [5, 5.41) is 17.5. The average molecular weight is 282 g/mol. The molecule has 1 atom stereocenters. The summed E-state index contributed by atoms with van der Waals surface area (Å²) in [4.78, 5) is 23.9. The van der Waals surface area contributed by atoms with Gasteiger partial charge in [0.05, 0.1) is 18.1 Å². The third kappa shape index (κ3) is 3.51. The van der Waals surface area contributed by atoms with Crippen LogP contribution < -0.4 is 0 Å². The van der Waals surface area contributed by atoms with Crippen molar-refractivity contribution in [3.05, 3.63) is 35.4 Å². The number of halogens is 2. The maximum atomic E-state index is 13.5. The van der Waals surface area contributed by atoms with Crippen LogP contribution in [-0.2, 0) is 4.79 Å². The Kier molecular flexibility index (Phi) is 5.15. The number of hydrogen-bond acceptors (Lipinski definition) is 3. The quantitative estimate of drug-likeness (QED) is 0.892. The summed E-state index contributed by atoms with van der Waals surface area (Å²) in [6.45, 7) is 1.10. The summed E-state index contributed by atoms with van der Waals surface area (Å²) in [6, 6.07) is 2.95. The Hall–Kier alpha value is -2.49. The number of benzene rings is 1. The smallest absolute Gasteiger partial charge is 0.326 e. The molecule has 0 radical (unpaired) electrons. The number of nitrogens with zero attached hydrogens (tertiary/aromatic N) is 2. The van der Waals surface area contributed by atoms with E-state index in [0.29, 0.717) is 6.07 Å². The molecule has 1 aromatic carbocycles. The van der Waals surface area contributed by atoms with Gasteiger partial charge in [0.1, 0.15) is 17.7 Å². The van der Waals surface area contributed by atoms with Gasteiger partial charge in [0.15, 0.2) is 0 Å². The zero-order valence-corrected chi connectivity index (χ0v) is 10.6. The van der Waals surface area contributed by atoms with Gasteiger partial charge in [-0.1, -0.05) is 0 Å². The zero-order valence-electron chi connectivity index (χ0n) is 10.6. The first-order valence-electron chi connectivity index (χ1n) is 5.74. The van der Waals surface area contributed by atoms with Crippen LogP contribution in [0.1, 0.15) is 23.7 Å². The van der Waals surface area contributed by atoms with E-state index in [1.54, 1.807) is 6.07 Å². The molecule has 1 amide bonds. The van der Waals surface area contributed by atoms with E-state index < -0.39 is 35.1 Å². The molecule has 1 N–H and O–H groups in total. The minimum absolute atomic E-state index is 0.0911. The fourth-order valence-corrected chi connectivity index (χ4v) is 1.59. The minimum atomic E-state index is -1.28. The molecule has 0 spiro atoms. The molecule has 20 heavy (non-hydrogen) atoms. The molecule has 1 aromatic rings. The van der Waals surface area contributed by atoms with Gasteiger partial charge >= 0.3 is 5.97 Å². The number of hydrogen-bond donors (Lipinski definition) is 1. The minimum Gasteiger partial charge on any atom is -0.480 e. The van der Waals surface area contributed by atoms with Gasteiger partial charge in [0.25, 0.3) is 5.91 Å². The van der Waals surface area contributed by atoms with Crippen molar-refractivity contribution in [3.8, 4) is 6.07 Å². The molecule has 0 aliphatic carbocycles. The van der Waals surface area contributed by atoms with Crippen LogP contribution in [-0.4, -0.2) is 34.5 Å². The van der Waals surface area contributed by atoms with Crippen molar-refractivity contribution in [3.63, 3.8) is 0 Å². The molecule has 0 bridgehead atoms. The summed E-state index contributed by atoms with van der Waals surface area (Å²) < 4.78 is 26.3. The number of carbonyl (C=O) groups is 2. The molecule has 0 saturated heterocycles. The van der Waals surface area contributed by atoms with E-state index in [4.69, 9.17) is 10.4 Å². The molecule has 1 rings (SSSR count). The van der Waals surface area contributed by atoms with Crippen LogP contribution in [0.3, 0.4) is 0 Å². The number of rotatable bonds is 5. The lowest BCUT2D eigenvalue weighted by Gasteiger charge is -2.25. The van der Waals surface area contributed by atoms with Crippen LogP contribution in [0.25, 0.3) is 0 Å². The van der Waals surface area contributed by atoms with Crippen LogP contribution in [0.4, 0.5) is 8.78 Å². The van der Waals surface area contributed by atoms with Gasteiger partial charge in [0, 0.05) is 12.6 Å². The van der Waals surface area contributed by atoms with Crippen molar-refractivity contribution >= 4 is 11.9 Å². The Bertz CT molecular complexity index is 569. The third-order valence-electron chi connectivity index (χ3n) is 2.71. The highest BCUT2D eigenvalue weighted by molar-refractivity contribution is 5.96. The molecule has 0 aliphatic heterocycles. The van der Waals surface area contributed by atoms with Gasteiger partial charge in [0.2, 0.25) is 0 Å². The molecule has 0 aliphatic rings. The summed E-state index contributed by atoms with van der Waals surface area (Å²) >= 11 is 0. The third-order valence-corrected chi connectivity index (χ3v) is 2.71. The number of carboxylic acid groups (broad SMARTS) is 1. The SMILES string of the molecule is CC(C(=O)O)N(CCC#N)C(=O)c1ccc(F)cc1F. The van der Waals surface area contributed by atoms with E-state index in [1.807, 2.05) is 0 Å². The van der Waals surface area contributed by atoms with Crippen molar-refractivity contribution in [1.82, 2.24) is 4.90 Å². The largest absolute Gasteiger partial charge is 0.480 e. The fraction of sp³-hybridized carbons (Fsp3) is 0.308. The number of amides is 1. The van der Waals surface area contributed by atoms with Crippen molar-refractivity contribution in [2.75, 3.05) is 6.54 Å². The summed E-state index contributed by atoms with van der Waals surface area (Å²) in [6.07, 6.45) is -0.0911. The van der Waals surface area contributed by atoms with Crippen LogP contribution >= 0.6 is 0 Å². The molecular formula is C13H12F2N2O3. The van der Waals surface area contributed by atoms with E-state index in [1.165, 1.54) is 6.92 Å². The highest BCUT2D eigenvalue weighted by Crippen LogP contribution is 2.14. The van der Waals surface area contributed by atoms with E-state index in [0.717, 1.165) is 17.0 Å². The Morgan fingerprint density at radius 3 is 2.60 bits per heavy atom.